The van der Waals surface area contributed by atoms with E-state index < -0.39 is 0 Å². The molecule has 2 heterocycles. The van der Waals surface area contributed by atoms with Crippen molar-refractivity contribution in [3.05, 3.63) is 3.95 Å². The smallest absolute Gasteiger partial charge is 0.204 e. The Morgan fingerprint density at radius 2 is 2.13 bits per heavy atom. The van der Waals surface area contributed by atoms with E-state index >= 15 is 0 Å². The van der Waals surface area contributed by atoms with Gasteiger partial charge in [0.05, 0.1) is 6.67 Å². The molecule has 0 unspecified atom stereocenters. The Labute approximate surface area is 98.9 Å². The normalized spacial score (nSPS) is 17.9. The SMILES string of the molecule is CNc1nn(CN2CCCCC2)c(=S)s1. The van der Waals surface area contributed by atoms with Crippen LogP contribution in [0.2, 0.25) is 0 Å². The molecule has 1 aromatic rings. The summed E-state index contributed by atoms with van der Waals surface area (Å²) in [4.78, 5) is 2.42. The van der Waals surface area contributed by atoms with Gasteiger partial charge in [-0.1, -0.05) is 17.8 Å². The minimum Gasteiger partial charge on any atom is -0.363 e. The van der Waals surface area contributed by atoms with Crippen molar-refractivity contribution in [3.63, 3.8) is 0 Å². The van der Waals surface area contributed by atoms with E-state index in [-0.39, 0.29) is 0 Å². The van der Waals surface area contributed by atoms with Crippen LogP contribution in [0.25, 0.3) is 0 Å². The van der Waals surface area contributed by atoms with Crippen LogP contribution in [0.3, 0.4) is 0 Å². The first kappa shape index (κ1) is 11.0. The molecular weight excluding hydrogens is 228 g/mol. The van der Waals surface area contributed by atoms with Gasteiger partial charge < -0.3 is 5.32 Å². The average molecular weight is 244 g/mol. The molecule has 6 heteroatoms. The molecule has 1 saturated heterocycles. The summed E-state index contributed by atoms with van der Waals surface area (Å²) in [6.07, 6.45) is 3.97. The highest BCUT2D eigenvalue weighted by molar-refractivity contribution is 7.73. The Kier molecular flexibility index (Phi) is 3.71. The first-order valence-corrected chi connectivity index (χ1v) is 6.50. The number of piperidine rings is 1. The summed E-state index contributed by atoms with van der Waals surface area (Å²) in [7, 11) is 1.87. The standard InChI is InChI=1S/C9H16N4S2/c1-10-8-11-13(9(14)15-8)7-12-5-3-2-4-6-12/h2-7H2,1H3,(H,10,11). The lowest BCUT2D eigenvalue weighted by Crippen LogP contribution is -2.32. The minimum absolute atomic E-state index is 0.844. The number of hydrogen-bond donors (Lipinski definition) is 1. The van der Waals surface area contributed by atoms with Gasteiger partial charge in [0.1, 0.15) is 0 Å². The summed E-state index contributed by atoms with van der Waals surface area (Å²) in [5.41, 5.74) is 0. The van der Waals surface area contributed by atoms with Gasteiger partial charge in [0.2, 0.25) is 5.13 Å². The summed E-state index contributed by atoms with van der Waals surface area (Å²) in [5, 5.41) is 8.33. The van der Waals surface area contributed by atoms with Crippen LogP contribution in [0.15, 0.2) is 0 Å². The first-order chi connectivity index (χ1) is 7.29. The van der Waals surface area contributed by atoms with Crippen LogP contribution >= 0.6 is 23.6 Å². The average Bonchev–Trinajstić information content (AvgIpc) is 2.61. The maximum absolute atomic E-state index is 5.26. The van der Waals surface area contributed by atoms with Crippen molar-refractivity contribution in [2.45, 2.75) is 25.9 Å². The van der Waals surface area contributed by atoms with E-state index in [0.29, 0.717) is 0 Å². The maximum atomic E-state index is 5.26. The van der Waals surface area contributed by atoms with E-state index in [1.807, 2.05) is 11.7 Å². The molecule has 0 aliphatic carbocycles. The fourth-order valence-electron chi connectivity index (χ4n) is 1.79. The second-order valence-corrected chi connectivity index (χ2v) is 5.37. The second-order valence-electron chi connectivity index (χ2n) is 3.74. The van der Waals surface area contributed by atoms with Gasteiger partial charge >= 0.3 is 0 Å². The molecule has 1 fully saturated rings. The highest BCUT2D eigenvalue weighted by Gasteiger charge is 2.11. The van der Waals surface area contributed by atoms with Gasteiger partial charge in [0.25, 0.3) is 0 Å². The lowest BCUT2D eigenvalue weighted by atomic mass is 10.1. The highest BCUT2D eigenvalue weighted by Crippen LogP contribution is 2.15. The van der Waals surface area contributed by atoms with Crippen LogP contribution < -0.4 is 5.32 Å². The van der Waals surface area contributed by atoms with Crippen molar-refractivity contribution in [2.24, 2.45) is 0 Å². The topological polar surface area (TPSA) is 33.1 Å². The molecule has 0 aromatic carbocycles. The molecule has 1 N–H and O–H groups in total. The van der Waals surface area contributed by atoms with Gasteiger partial charge in [0, 0.05) is 7.05 Å². The highest BCUT2D eigenvalue weighted by atomic mass is 32.1. The predicted molar refractivity (Wildman–Crippen MR) is 65.9 cm³/mol. The molecule has 0 radical (unpaired) electrons. The third-order valence-electron chi connectivity index (χ3n) is 2.60. The number of nitrogens with one attached hydrogen (secondary N) is 1. The molecule has 0 spiro atoms. The van der Waals surface area contributed by atoms with E-state index in [2.05, 4.69) is 15.3 Å². The van der Waals surface area contributed by atoms with Crippen LogP contribution in [-0.4, -0.2) is 34.8 Å². The summed E-state index contributed by atoms with van der Waals surface area (Å²) >= 11 is 6.79. The summed E-state index contributed by atoms with van der Waals surface area (Å²) < 4.78 is 2.77. The fraction of sp³-hybridized carbons (Fsp3) is 0.778. The van der Waals surface area contributed by atoms with Crippen LogP contribution in [0.4, 0.5) is 5.13 Å². The van der Waals surface area contributed by atoms with Crippen molar-refractivity contribution >= 4 is 28.7 Å². The molecular formula is C9H16N4S2. The second kappa shape index (κ2) is 5.05. The number of hydrogen-bond acceptors (Lipinski definition) is 5. The number of rotatable bonds is 3. The van der Waals surface area contributed by atoms with Crippen molar-refractivity contribution < 1.29 is 0 Å². The van der Waals surface area contributed by atoms with E-state index in [4.69, 9.17) is 12.2 Å². The van der Waals surface area contributed by atoms with E-state index in [1.54, 1.807) is 0 Å². The number of likely N-dealkylation sites (tertiary alicyclic amines) is 1. The van der Waals surface area contributed by atoms with E-state index in [1.165, 1.54) is 43.7 Å². The van der Waals surface area contributed by atoms with Crippen molar-refractivity contribution in [1.82, 2.24) is 14.7 Å². The lowest BCUT2D eigenvalue weighted by Gasteiger charge is -2.25. The van der Waals surface area contributed by atoms with Gasteiger partial charge in [-0.15, -0.1) is 5.10 Å². The summed E-state index contributed by atoms with van der Waals surface area (Å²) in [5.74, 6) is 0. The van der Waals surface area contributed by atoms with Crippen molar-refractivity contribution in [3.8, 4) is 0 Å². The molecule has 1 aliphatic rings. The van der Waals surface area contributed by atoms with E-state index in [0.717, 1.165) is 15.8 Å². The predicted octanol–water partition coefficient (Wildman–Crippen LogP) is 2.16. The fourth-order valence-corrected chi connectivity index (χ4v) is 2.73. The van der Waals surface area contributed by atoms with Gasteiger partial charge in [-0.3, -0.25) is 4.90 Å². The number of anilines is 1. The molecule has 0 bridgehead atoms. The monoisotopic (exact) mass is 244 g/mol. The van der Waals surface area contributed by atoms with Gasteiger partial charge in [-0.25, -0.2) is 4.68 Å². The van der Waals surface area contributed by atoms with Crippen LogP contribution in [0.5, 0.6) is 0 Å². The van der Waals surface area contributed by atoms with Gasteiger partial charge in [-0.2, -0.15) is 0 Å². The molecule has 0 amide bonds. The molecule has 0 saturated carbocycles. The molecule has 1 aliphatic heterocycles. The van der Waals surface area contributed by atoms with Crippen LogP contribution in [0.1, 0.15) is 19.3 Å². The summed E-state index contributed by atoms with van der Waals surface area (Å²) in [6.45, 7) is 3.19. The summed E-state index contributed by atoms with van der Waals surface area (Å²) in [6, 6.07) is 0. The third-order valence-corrected chi connectivity index (χ3v) is 3.93. The van der Waals surface area contributed by atoms with Crippen molar-refractivity contribution in [2.75, 3.05) is 25.5 Å². The molecule has 1 aromatic heterocycles. The molecule has 15 heavy (non-hydrogen) atoms. The van der Waals surface area contributed by atoms with Gasteiger partial charge in [0.15, 0.2) is 3.95 Å². The Morgan fingerprint density at radius 3 is 2.73 bits per heavy atom. The zero-order chi connectivity index (χ0) is 10.7. The zero-order valence-electron chi connectivity index (χ0n) is 8.90. The maximum Gasteiger partial charge on any atom is 0.204 e. The Balaban J connectivity index is 2.02. The molecule has 0 atom stereocenters. The minimum atomic E-state index is 0.844. The Hall–Kier alpha value is -0.460. The Morgan fingerprint density at radius 1 is 1.40 bits per heavy atom. The van der Waals surface area contributed by atoms with Crippen LogP contribution in [-0.2, 0) is 6.67 Å². The largest absolute Gasteiger partial charge is 0.363 e. The van der Waals surface area contributed by atoms with Crippen LogP contribution in [0, 0.1) is 3.95 Å². The number of nitrogens with zero attached hydrogens (tertiary/aromatic N) is 3. The quantitative estimate of drug-likeness (QED) is 0.826. The Bertz CT molecular complexity index is 364. The van der Waals surface area contributed by atoms with Gasteiger partial charge in [-0.05, 0) is 38.1 Å². The molecule has 84 valence electrons. The number of aromatic nitrogens is 2. The zero-order valence-corrected chi connectivity index (χ0v) is 10.5. The molecule has 4 nitrogen and oxygen atoms in total. The van der Waals surface area contributed by atoms with Crippen molar-refractivity contribution in [1.29, 1.82) is 0 Å². The van der Waals surface area contributed by atoms with E-state index in [9.17, 15) is 0 Å². The first-order valence-electron chi connectivity index (χ1n) is 5.27. The lowest BCUT2D eigenvalue weighted by molar-refractivity contribution is 0.173. The third kappa shape index (κ3) is 2.76. The molecule has 2 rings (SSSR count).